The summed E-state index contributed by atoms with van der Waals surface area (Å²) < 4.78 is 79.7. The first-order valence-corrected chi connectivity index (χ1v) is 14.8. The average Bonchev–Trinajstić information content (AvgIpc) is 3.44. The normalized spacial score (nSPS) is 14.8. The smallest absolute Gasteiger partial charge is 0.274 e. The number of hydrogen-bond donors (Lipinski definition) is 1. The van der Waals surface area contributed by atoms with Crippen molar-refractivity contribution in [3.8, 4) is 5.75 Å². The molecule has 3 aromatic rings. The van der Waals surface area contributed by atoms with E-state index in [9.17, 15) is 26.0 Å². The number of anilines is 2. The minimum absolute atomic E-state index is 0.0174. The van der Waals surface area contributed by atoms with Crippen molar-refractivity contribution in [1.29, 1.82) is 0 Å². The van der Waals surface area contributed by atoms with Gasteiger partial charge in [0.15, 0.2) is 0 Å². The molecule has 1 aliphatic heterocycles. The van der Waals surface area contributed by atoms with Gasteiger partial charge in [0.05, 0.1) is 36.6 Å². The lowest BCUT2D eigenvalue weighted by Crippen LogP contribution is -2.40. The van der Waals surface area contributed by atoms with Crippen LogP contribution in [0, 0.1) is 5.82 Å². The molecule has 0 unspecified atom stereocenters. The number of para-hydroxylation sites is 1. The van der Waals surface area contributed by atoms with E-state index in [1.165, 1.54) is 59.9 Å². The molecule has 2 heterocycles. The van der Waals surface area contributed by atoms with Gasteiger partial charge in [-0.2, -0.15) is 4.31 Å². The van der Waals surface area contributed by atoms with Crippen LogP contribution in [0.15, 0.2) is 69.1 Å². The molecule has 2 aromatic carbocycles. The Balaban J connectivity index is 1.64. The quantitative estimate of drug-likeness (QED) is 0.421. The molecule has 1 amide bonds. The minimum Gasteiger partial charge on any atom is -0.495 e. The average molecular weight is 570 g/mol. The Labute approximate surface area is 218 Å². The molecule has 0 radical (unpaired) electrons. The maximum atomic E-state index is 14.6. The van der Waals surface area contributed by atoms with Crippen LogP contribution in [0.3, 0.4) is 0 Å². The second-order valence-corrected chi connectivity index (χ2v) is 12.8. The van der Waals surface area contributed by atoms with Gasteiger partial charge >= 0.3 is 0 Å². The summed E-state index contributed by atoms with van der Waals surface area (Å²) in [6.45, 7) is 0.139. The highest BCUT2D eigenvalue weighted by Gasteiger charge is 2.31. The van der Waals surface area contributed by atoms with Crippen molar-refractivity contribution in [3.05, 3.63) is 65.8 Å². The molecule has 4 rings (SSSR count). The first kappa shape index (κ1) is 27.0. The second kappa shape index (κ2) is 11.1. The Morgan fingerprint density at radius 1 is 1.11 bits per heavy atom. The third-order valence-electron chi connectivity index (χ3n) is 5.50. The summed E-state index contributed by atoms with van der Waals surface area (Å²) in [5.41, 5.74) is -0.287. The number of halogens is 1. The summed E-state index contributed by atoms with van der Waals surface area (Å²) in [7, 11) is -6.81. The number of thiophene rings is 1. The second-order valence-electron chi connectivity index (χ2n) is 7.82. The fourth-order valence-electron chi connectivity index (χ4n) is 3.67. The highest BCUT2D eigenvalue weighted by atomic mass is 32.2. The van der Waals surface area contributed by atoms with Crippen molar-refractivity contribution in [2.75, 3.05) is 49.6 Å². The van der Waals surface area contributed by atoms with Crippen LogP contribution >= 0.6 is 11.3 Å². The van der Waals surface area contributed by atoms with Crippen molar-refractivity contribution < 1.29 is 35.5 Å². The number of morpholine rings is 1. The summed E-state index contributed by atoms with van der Waals surface area (Å²) in [5.74, 6) is -1.50. The number of rotatable bonds is 9. The lowest BCUT2D eigenvalue weighted by Gasteiger charge is -2.26. The summed E-state index contributed by atoms with van der Waals surface area (Å²) in [5, 5.41) is 4.07. The molecule has 1 N–H and O–H groups in total. The van der Waals surface area contributed by atoms with E-state index in [0.717, 1.165) is 17.4 Å². The van der Waals surface area contributed by atoms with Gasteiger partial charge < -0.3 is 14.8 Å². The Kier molecular flexibility index (Phi) is 8.14. The van der Waals surface area contributed by atoms with Crippen molar-refractivity contribution in [1.82, 2.24) is 4.31 Å². The van der Waals surface area contributed by atoms with Gasteiger partial charge in [0, 0.05) is 13.1 Å². The van der Waals surface area contributed by atoms with Gasteiger partial charge in [0.2, 0.25) is 15.9 Å². The Hall–Kier alpha value is -3.04. The molecule has 14 heteroatoms. The summed E-state index contributed by atoms with van der Waals surface area (Å²) in [6.07, 6.45) is 0. The predicted octanol–water partition coefficient (Wildman–Crippen LogP) is 2.75. The van der Waals surface area contributed by atoms with E-state index in [-0.39, 0.29) is 52.5 Å². The summed E-state index contributed by atoms with van der Waals surface area (Å²) >= 11 is 0.930. The van der Waals surface area contributed by atoms with E-state index < -0.39 is 38.3 Å². The van der Waals surface area contributed by atoms with Gasteiger partial charge in [-0.1, -0.05) is 18.2 Å². The highest BCUT2D eigenvalue weighted by Crippen LogP contribution is 2.31. The largest absolute Gasteiger partial charge is 0.495 e. The molecular formula is C23H24FN3O7S3. The SMILES string of the molecule is COc1ccc(S(=O)(=O)N2CCOCC2)cc1NC(=O)CN(c1ccccc1F)S(=O)(=O)c1cccs1. The maximum absolute atomic E-state index is 14.6. The molecule has 10 nitrogen and oxygen atoms in total. The van der Waals surface area contributed by atoms with Gasteiger partial charge in [-0.3, -0.25) is 9.10 Å². The number of benzene rings is 2. The lowest BCUT2D eigenvalue weighted by atomic mass is 10.3. The zero-order valence-electron chi connectivity index (χ0n) is 19.7. The topological polar surface area (TPSA) is 122 Å². The van der Waals surface area contributed by atoms with Crippen LogP contribution in [0.2, 0.25) is 0 Å². The van der Waals surface area contributed by atoms with Gasteiger partial charge in [-0.05, 0) is 41.8 Å². The molecule has 1 aliphatic rings. The van der Waals surface area contributed by atoms with Crippen LogP contribution < -0.4 is 14.4 Å². The van der Waals surface area contributed by atoms with Crippen LogP contribution in [0.5, 0.6) is 5.75 Å². The van der Waals surface area contributed by atoms with Crippen LogP contribution in [0.4, 0.5) is 15.8 Å². The monoisotopic (exact) mass is 569 g/mol. The fraction of sp³-hybridized carbons (Fsp3) is 0.261. The number of amides is 1. The van der Waals surface area contributed by atoms with E-state index in [1.807, 2.05) is 0 Å². The molecule has 0 bridgehead atoms. The third-order valence-corrected chi connectivity index (χ3v) is 10.5. The number of sulfonamides is 2. The van der Waals surface area contributed by atoms with Gasteiger partial charge in [0.25, 0.3) is 10.0 Å². The van der Waals surface area contributed by atoms with Gasteiger partial charge in [-0.15, -0.1) is 11.3 Å². The van der Waals surface area contributed by atoms with E-state index in [4.69, 9.17) is 9.47 Å². The van der Waals surface area contributed by atoms with Crippen LogP contribution in [0.25, 0.3) is 0 Å². The van der Waals surface area contributed by atoms with Gasteiger partial charge in [0.1, 0.15) is 22.3 Å². The molecule has 1 saturated heterocycles. The predicted molar refractivity (Wildman–Crippen MR) is 136 cm³/mol. The van der Waals surface area contributed by atoms with E-state index in [2.05, 4.69) is 5.32 Å². The first-order chi connectivity index (χ1) is 17.6. The minimum atomic E-state index is -4.28. The number of nitrogens with zero attached hydrogens (tertiary/aromatic N) is 2. The maximum Gasteiger partial charge on any atom is 0.274 e. The molecular weight excluding hydrogens is 545 g/mol. The van der Waals surface area contributed by atoms with Gasteiger partial charge in [-0.25, -0.2) is 21.2 Å². The zero-order valence-corrected chi connectivity index (χ0v) is 22.1. The zero-order chi connectivity index (χ0) is 26.6. The van der Waals surface area contributed by atoms with Crippen molar-refractivity contribution in [2.24, 2.45) is 0 Å². The Morgan fingerprint density at radius 2 is 1.84 bits per heavy atom. The molecule has 1 fully saturated rings. The van der Waals surface area contributed by atoms with Crippen molar-refractivity contribution in [3.63, 3.8) is 0 Å². The fourth-order valence-corrected chi connectivity index (χ4v) is 7.64. The molecule has 37 heavy (non-hydrogen) atoms. The summed E-state index contributed by atoms with van der Waals surface area (Å²) in [6, 6.07) is 12.1. The van der Waals surface area contributed by atoms with E-state index in [1.54, 1.807) is 5.38 Å². The third kappa shape index (κ3) is 5.78. The van der Waals surface area contributed by atoms with Crippen LogP contribution in [0.1, 0.15) is 0 Å². The van der Waals surface area contributed by atoms with Crippen LogP contribution in [-0.2, 0) is 29.6 Å². The number of carbonyl (C=O) groups excluding carboxylic acids is 1. The van der Waals surface area contributed by atoms with E-state index >= 15 is 0 Å². The number of carbonyl (C=O) groups is 1. The van der Waals surface area contributed by atoms with Crippen molar-refractivity contribution >= 4 is 48.7 Å². The standard InChI is InChI=1S/C23H24FN3O7S3/c1-33-21-9-8-17(36(29,30)26-10-12-34-13-11-26)15-19(21)25-22(28)16-27(20-6-3-2-5-18(20)24)37(31,32)23-7-4-14-35-23/h2-9,14-15H,10-13,16H2,1H3,(H,25,28). The Morgan fingerprint density at radius 3 is 2.49 bits per heavy atom. The van der Waals surface area contributed by atoms with Crippen LogP contribution in [-0.4, -0.2) is 67.0 Å². The molecule has 0 spiro atoms. The molecule has 1 aromatic heterocycles. The first-order valence-electron chi connectivity index (χ1n) is 11.0. The molecule has 198 valence electrons. The number of hydrogen-bond acceptors (Lipinski definition) is 8. The molecule has 0 saturated carbocycles. The highest BCUT2D eigenvalue weighted by molar-refractivity contribution is 7.94. The number of nitrogens with one attached hydrogen (secondary N) is 1. The van der Waals surface area contributed by atoms with Crippen molar-refractivity contribution in [2.45, 2.75) is 9.10 Å². The Bertz CT molecular complexity index is 1470. The lowest BCUT2D eigenvalue weighted by molar-refractivity contribution is -0.114. The van der Waals surface area contributed by atoms with E-state index in [0.29, 0.717) is 4.31 Å². The molecule has 0 aliphatic carbocycles. The number of ether oxygens (including phenoxy) is 2. The number of methoxy groups -OCH3 is 1. The molecule has 0 atom stereocenters. The summed E-state index contributed by atoms with van der Waals surface area (Å²) in [4.78, 5) is 13.0.